The fraction of sp³-hybridized carbons (Fsp3) is 0.900. The van der Waals surface area contributed by atoms with Crippen LogP contribution in [0, 0.1) is 5.41 Å². The van der Waals surface area contributed by atoms with E-state index in [0.29, 0.717) is 25.7 Å². The van der Waals surface area contributed by atoms with Gasteiger partial charge in [-0.05, 0) is 38.8 Å². The van der Waals surface area contributed by atoms with Crippen LogP contribution in [0.3, 0.4) is 0 Å². The molecule has 0 aromatic rings. The maximum absolute atomic E-state index is 11.2. The number of hydrogen-bond donors (Lipinski definition) is 3. The van der Waals surface area contributed by atoms with E-state index in [1.807, 2.05) is 0 Å². The van der Waals surface area contributed by atoms with Crippen LogP contribution in [0.4, 0.5) is 0 Å². The molecule has 4 nitrogen and oxygen atoms in total. The summed E-state index contributed by atoms with van der Waals surface area (Å²) in [5.74, 6) is -0.812. The second-order valence-electron chi connectivity index (χ2n) is 4.52. The summed E-state index contributed by atoms with van der Waals surface area (Å²) in [4.78, 5) is 11.2. The lowest BCUT2D eigenvalue weighted by Gasteiger charge is -2.51. The molecule has 0 aromatic heterocycles. The van der Waals surface area contributed by atoms with Crippen molar-refractivity contribution in [3.05, 3.63) is 0 Å². The quantitative estimate of drug-likeness (QED) is 0.600. The summed E-state index contributed by atoms with van der Waals surface area (Å²) in [6, 6.07) is 0. The maximum atomic E-state index is 11.2. The lowest BCUT2D eigenvalue weighted by Crippen LogP contribution is -2.60. The number of rotatable bonds is 2. The number of hydrogen-bond acceptors (Lipinski definition) is 3. The van der Waals surface area contributed by atoms with Crippen LogP contribution in [0.2, 0.25) is 0 Å². The Labute approximate surface area is 83.3 Å². The zero-order chi connectivity index (χ0) is 10.2. The summed E-state index contributed by atoms with van der Waals surface area (Å²) in [6.45, 7) is 1.46. The average Bonchev–Trinajstić information content (AvgIpc) is 2.01. The summed E-state index contributed by atoms with van der Waals surface area (Å²) < 4.78 is 0. The fourth-order valence-corrected chi connectivity index (χ4v) is 2.73. The van der Waals surface area contributed by atoms with Crippen molar-refractivity contribution >= 4 is 5.97 Å². The molecule has 80 valence electrons. The Morgan fingerprint density at radius 2 is 1.71 bits per heavy atom. The molecule has 4 heteroatoms. The third-order valence-corrected chi connectivity index (χ3v) is 3.94. The van der Waals surface area contributed by atoms with Gasteiger partial charge in [0.15, 0.2) is 0 Å². The SMILES string of the molecule is O=C(O)C1(C2(O)CCNCC2)CCC1. The molecule has 3 N–H and O–H groups in total. The number of piperidine rings is 1. The molecule has 0 amide bonds. The molecule has 2 fully saturated rings. The fourth-order valence-electron chi connectivity index (χ4n) is 2.73. The average molecular weight is 199 g/mol. The summed E-state index contributed by atoms with van der Waals surface area (Å²) >= 11 is 0. The van der Waals surface area contributed by atoms with Gasteiger partial charge in [-0.2, -0.15) is 0 Å². The van der Waals surface area contributed by atoms with Crippen LogP contribution >= 0.6 is 0 Å². The molecule has 0 unspecified atom stereocenters. The van der Waals surface area contributed by atoms with Gasteiger partial charge in [0.1, 0.15) is 0 Å². The van der Waals surface area contributed by atoms with Gasteiger partial charge < -0.3 is 15.5 Å². The van der Waals surface area contributed by atoms with Crippen molar-refractivity contribution in [2.24, 2.45) is 5.41 Å². The highest BCUT2D eigenvalue weighted by molar-refractivity contribution is 5.77. The van der Waals surface area contributed by atoms with Crippen LogP contribution in [0.25, 0.3) is 0 Å². The van der Waals surface area contributed by atoms with Gasteiger partial charge in [-0.3, -0.25) is 4.79 Å². The Hall–Kier alpha value is -0.610. The summed E-state index contributed by atoms with van der Waals surface area (Å²) in [5.41, 5.74) is -1.81. The van der Waals surface area contributed by atoms with Crippen LogP contribution < -0.4 is 5.32 Å². The molecule has 1 aliphatic carbocycles. The van der Waals surface area contributed by atoms with Crippen molar-refractivity contribution in [1.82, 2.24) is 5.32 Å². The van der Waals surface area contributed by atoms with Crippen molar-refractivity contribution in [3.8, 4) is 0 Å². The van der Waals surface area contributed by atoms with Crippen molar-refractivity contribution in [3.63, 3.8) is 0 Å². The normalized spacial score (nSPS) is 29.2. The largest absolute Gasteiger partial charge is 0.481 e. The third kappa shape index (κ3) is 1.17. The smallest absolute Gasteiger partial charge is 0.312 e. The van der Waals surface area contributed by atoms with E-state index in [4.69, 9.17) is 0 Å². The van der Waals surface area contributed by atoms with E-state index in [0.717, 1.165) is 19.5 Å². The van der Waals surface area contributed by atoms with E-state index in [1.54, 1.807) is 0 Å². The van der Waals surface area contributed by atoms with E-state index in [1.165, 1.54) is 0 Å². The predicted octanol–water partition coefficient (Wildman–Crippen LogP) is 0.356. The van der Waals surface area contributed by atoms with Crippen molar-refractivity contribution in [1.29, 1.82) is 0 Å². The van der Waals surface area contributed by atoms with E-state index in [-0.39, 0.29) is 0 Å². The monoisotopic (exact) mass is 199 g/mol. The van der Waals surface area contributed by atoms with E-state index >= 15 is 0 Å². The molecule has 0 bridgehead atoms. The summed E-state index contributed by atoms with van der Waals surface area (Å²) in [7, 11) is 0. The molecule has 0 spiro atoms. The standard InChI is InChI=1S/C10H17NO3/c12-8(13)9(2-1-3-9)10(14)4-6-11-7-5-10/h11,14H,1-7H2,(H,12,13). The first kappa shape index (κ1) is 9.93. The Morgan fingerprint density at radius 1 is 1.14 bits per heavy atom. The topological polar surface area (TPSA) is 69.6 Å². The van der Waals surface area contributed by atoms with Crippen LogP contribution in [-0.4, -0.2) is 34.9 Å². The highest BCUT2D eigenvalue weighted by atomic mass is 16.4. The molecule has 2 aliphatic rings. The minimum Gasteiger partial charge on any atom is -0.481 e. The lowest BCUT2D eigenvalue weighted by atomic mass is 9.56. The van der Waals surface area contributed by atoms with Gasteiger partial charge in [-0.15, -0.1) is 0 Å². The molecule has 14 heavy (non-hydrogen) atoms. The Bertz CT molecular complexity index is 242. The zero-order valence-electron chi connectivity index (χ0n) is 8.25. The van der Waals surface area contributed by atoms with Gasteiger partial charge in [-0.1, -0.05) is 6.42 Å². The minimum atomic E-state index is -0.970. The first-order valence-electron chi connectivity index (χ1n) is 5.27. The third-order valence-electron chi connectivity index (χ3n) is 3.94. The second kappa shape index (κ2) is 3.21. The summed E-state index contributed by atoms with van der Waals surface area (Å²) in [6.07, 6.45) is 3.35. The molecule has 0 radical (unpaired) electrons. The number of aliphatic hydroxyl groups is 1. The van der Waals surface area contributed by atoms with E-state index in [9.17, 15) is 15.0 Å². The van der Waals surface area contributed by atoms with Crippen LogP contribution in [0.1, 0.15) is 32.1 Å². The highest BCUT2D eigenvalue weighted by Gasteiger charge is 2.59. The molecule has 0 atom stereocenters. The van der Waals surface area contributed by atoms with Crippen LogP contribution in [0.5, 0.6) is 0 Å². The molecule has 1 saturated carbocycles. The Kier molecular flexibility index (Phi) is 2.27. The maximum Gasteiger partial charge on any atom is 0.312 e. The van der Waals surface area contributed by atoms with Gasteiger partial charge in [0.05, 0.1) is 11.0 Å². The molecule has 1 saturated heterocycles. The summed E-state index contributed by atoms with van der Waals surface area (Å²) in [5, 5.41) is 22.8. The number of carboxylic acid groups (broad SMARTS) is 1. The zero-order valence-corrected chi connectivity index (χ0v) is 8.25. The van der Waals surface area contributed by atoms with Crippen molar-refractivity contribution in [2.75, 3.05) is 13.1 Å². The lowest BCUT2D eigenvalue weighted by molar-refractivity contribution is -0.189. The minimum absolute atomic E-state index is 0.569. The Balaban J connectivity index is 2.21. The first-order chi connectivity index (χ1) is 6.61. The number of nitrogens with one attached hydrogen (secondary N) is 1. The molecule has 1 aliphatic heterocycles. The van der Waals surface area contributed by atoms with Gasteiger partial charge >= 0.3 is 5.97 Å². The van der Waals surface area contributed by atoms with Gasteiger partial charge in [0.2, 0.25) is 0 Å². The van der Waals surface area contributed by atoms with Gasteiger partial charge in [-0.25, -0.2) is 0 Å². The van der Waals surface area contributed by atoms with Gasteiger partial charge in [0, 0.05) is 0 Å². The second-order valence-corrected chi connectivity index (χ2v) is 4.52. The molecule has 1 heterocycles. The predicted molar refractivity (Wildman–Crippen MR) is 51.0 cm³/mol. The van der Waals surface area contributed by atoms with Crippen LogP contribution in [-0.2, 0) is 4.79 Å². The first-order valence-corrected chi connectivity index (χ1v) is 5.27. The van der Waals surface area contributed by atoms with E-state index in [2.05, 4.69) is 5.32 Å². The molecular weight excluding hydrogens is 182 g/mol. The van der Waals surface area contributed by atoms with Crippen LogP contribution in [0.15, 0.2) is 0 Å². The van der Waals surface area contributed by atoms with Crippen molar-refractivity contribution < 1.29 is 15.0 Å². The number of carboxylic acids is 1. The molecule has 0 aromatic carbocycles. The Morgan fingerprint density at radius 3 is 2.07 bits per heavy atom. The molecular formula is C10H17NO3. The molecule has 2 rings (SSSR count). The van der Waals surface area contributed by atoms with E-state index < -0.39 is 17.0 Å². The van der Waals surface area contributed by atoms with Crippen molar-refractivity contribution in [2.45, 2.75) is 37.7 Å². The number of aliphatic carboxylic acids is 1. The van der Waals surface area contributed by atoms with Gasteiger partial charge in [0.25, 0.3) is 0 Å². The highest BCUT2D eigenvalue weighted by Crippen LogP contribution is 2.52. The number of carbonyl (C=O) groups is 1.